The lowest BCUT2D eigenvalue weighted by Crippen LogP contribution is -2.21. The Bertz CT molecular complexity index is 1080. The van der Waals surface area contributed by atoms with Crippen molar-refractivity contribution in [3.63, 3.8) is 0 Å². The number of benzene rings is 2. The standard InChI is InChI=1S/C25H31N3O4/c1-28(2)11-10-18-15-26-22-8-6-17(12-20(18)22)7-9-25(29)27-16-21-23(31-4)13-19(30-3)14-24(21)32-5/h6-9,12-15,26H,10-11,16H2,1-5H3,(H,27,29). The first-order valence-electron chi connectivity index (χ1n) is 10.4. The number of ether oxygens (including phenoxy) is 3. The highest BCUT2D eigenvalue weighted by Crippen LogP contribution is 2.33. The summed E-state index contributed by atoms with van der Waals surface area (Å²) in [6, 6.07) is 9.67. The van der Waals surface area contributed by atoms with E-state index in [1.54, 1.807) is 33.5 Å². The number of amides is 1. The fourth-order valence-electron chi connectivity index (χ4n) is 3.51. The van der Waals surface area contributed by atoms with Gasteiger partial charge in [-0.3, -0.25) is 4.79 Å². The van der Waals surface area contributed by atoms with E-state index in [-0.39, 0.29) is 12.5 Å². The van der Waals surface area contributed by atoms with Crippen molar-refractivity contribution >= 4 is 22.9 Å². The summed E-state index contributed by atoms with van der Waals surface area (Å²) in [6.45, 7) is 1.25. The molecule has 0 fully saturated rings. The molecule has 3 aromatic rings. The molecule has 0 aliphatic rings. The van der Waals surface area contributed by atoms with Gasteiger partial charge in [-0.2, -0.15) is 0 Å². The van der Waals surface area contributed by atoms with Crippen LogP contribution < -0.4 is 19.5 Å². The van der Waals surface area contributed by atoms with Gasteiger partial charge in [-0.05, 0) is 49.9 Å². The Morgan fingerprint density at radius 2 is 1.78 bits per heavy atom. The van der Waals surface area contributed by atoms with E-state index in [0.717, 1.165) is 29.6 Å². The van der Waals surface area contributed by atoms with Crippen molar-refractivity contribution in [2.75, 3.05) is 42.0 Å². The molecule has 7 nitrogen and oxygen atoms in total. The zero-order chi connectivity index (χ0) is 23.1. The maximum absolute atomic E-state index is 12.5. The van der Waals surface area contributed by atoms with E-state index < -0.39 is 0 Å². The number of rotatable bonds is 10. The maximum Gasteiger partial charge on any atom is 0.244 e. The summed E-state index contributed by atoms with van der Waals surface area (Å²) in [5, 5.41) is 4.08. The fourth-order valence-corrected chi connectivity index (χ4v) is 3.51. The normalized spacial score (nSPS) is 11.3. The van der Waals surface area contributed by atoms with Crippen molar-refractivity contribution in [3.8, 4) is 17.2 Å². The van der Waals surface area contributed by atoms with E-state index in [9.17, 15) is 4.79 Å². The molecule has 0 atom stereocenters. The van der Waals surface area contributed by atoms with Crippen molar-refractivity contribution in [1.82, 2.24) is 15.2 Å². The van der Waals surface area contributed by atoms with Gasteiger partial charge in [-0.25, -0.2) is 0 Å². The second kappa shape index (κ2) is 10.7. The highest BCUT2D eigenvalue weighted by Gasteiger charge is 2.14. The van der Waals surface area contributed by atoms with Crippen LogP contribution in [-0.2, 0) is 17.8 Å². The number of fused-ring (bicyclic) bond motifs is 1. The van der Waals surface area contributed by atoms with Crippen LogP contribution in [0.5, 0.6) is 17.2 Å². The number of hydrogen-bond donors (Lipinski definition) is 2. The van der Waals surface area contributed by atoms with E-state index in [2.05, 4.69) is 41.6 Å². The van der Waals surface area contributed by atoms with Crippen LogP contribution in [0.1, 0.15) is 16.7 Å². The number of methoxy groups -OCH3 is 3. The van der Waals surface area contributed by atoms with Crippen molar-refractivity contribution in [2.45, 2.75) is 13.0 Å². The molecule has 2 aromatic carbocycles. The summed E-state index contributed by atoms with van der Waals surface area (Å²) < 4.78 is 16.1. The molecule has 0 spiro atoms. The molecule has 2 N–H and O–H groups in total. The molecule has 1 heterocycles. The minimum atomic E-state index is -0.202. The van der Waals surface area contributed by atoms with Crippen molar-refractivity contribution in [1.29, 1.82) is 0 Å². The molecule has 0 unspecified atom stereocenters. The van der Waals surface area contributed by atoms with Gasteiger partial charge in [0.15, 0.2) is 0 Å². The van der Waals surface area contributed by atoms with E-state index in [4.69, 9.17) is 14.2 Å². The van der Waals surface area contributed by atoms with Crippen LogP contribution in [0.3, 0.4) is 0 Å². The first kappa shape index (κ1) is 23.2. The number of aromatic amines is 1. The number of nitrogens with zero attached hydrogens (tertiary/aromatic N) is 1. The Balaban J connectivity index is 1.69. The monoisotopic (exact) mass is 437 g/mol. The van der Waals surface area contributed by atoms with Gasteiger partial charge in [0.2, 0.25) is 5.91 Å². The van der Waals surface area contributed by atoms with E-state index in [1.165, 1.54) is 17.0 Å². The molecule has 3 rings (SSSR count). The van der Waals surface area contributed by atoms with Gasteiger partial charge < -0.3 is 29.4 Å². The molecule has 0 aliphatic carbocycles. The minimum Gasteiger partial charge on any atom is -0.496 e. The Hall–Kier alpha value is -3.45. The third-order valence-electron chi connectivity index (χ3n) is 5.30. The first-order chi connectivity index (χ1) is 15.4. The number of aromatic nitrogens is 1. The summed E-state index contributed by atoms with van der Waals surface area (Å²) in [5.41, 5.74) is 4.08. The first-order valence-corrected chi connectivity index (χ1v) is 10.4. The lowest BCUT2D eigenvalue weighted by molar-refractivity contribution is -0.116. The molecular weight excluding hydrogens is 406 g/mol. The number of likely N-dealkylation sites (N-methyl/N-ethyl adjacent to an activating group) is 1. The SMILES string of the molecule is COc1cc(OC)c(CNC(=O)C=Cc2ccc3[nH]cc(CCN(C)C)c3c2)c(OC)c1. The quantitative estimate of drug-likeness (QED) is 0.474. The van der Waals surface area contributed by atoms with Gasteiger partial charge in [-0.15, -0.1) is 0 Å². The zero-order valence-electron chi connectivity index (χ0n) is 19.3. The number of carbonyl (C=O) groups excluding carboxylic acids is 1. The van der Waals surface area contributed by atoms with Crippen molar-refractivity contribution in [3.05, 3.63) is 59.3 Å². The Kier molecular flexibility index (Phi) is 7.78. The van der Waals surface area contributed by atoms with Crippen LogP contribution in [0.2, 0.25) is 0 Å². The molecule has 7 heteroatoms. The highest BCUT2D eigenvalue weighted by molar-refractivity contribution is 5.93. The summed E-state index contributed by atoms with van der Waals surface area (Å²) in [4.78, 5) is 17.9. The number of nitrogens with one attached hydrogen (secondary N) is 2. The average molecular weight is 438 g/mol. The average Bonchev–Trinajstić information content (AvgIpc) is 3.21. The predicted molar refractivity (Wildman–Crippen MR) is 128 cm³/mol. The molecular formula is C25H31N3O4. The summed E-state index contributed by atoms with van der Waals surface area (Å²) in [7, 11) is 8.86. The van der Waals surface area contributed by atoms with Crippen LogP contribution >= 0.6 is 0 Å². The molecule has 1 amide bonds. The van der Waals surface area contributed by atoms with Crippen LogP contribution in [0, 0.1) is 0 Å². The second-order valence-corrected chi connectivity index (χ2v) is 7.73. The van der Waals surface area contributed by atoms with Gasteiger partial charge in [-0.1, -0.05) is 6.07 Å². The summed E-state index contributed by atoms with van der Waals surface area (Å²) in [6.07, 6.45) is 6.38. The van der Waals surface area contributed by atoms with E-state index >= 15 is 0 Å². The van der Waals surface area contributed by atoms with E-state index in [1.807, 2.05) is 18.2 Å². The highest BCUT2D eigenvalue weighted by atomic mass is 16.5. The topological polar surface area (TPSA) is 75.8 Å². The van der Waals surface area contributed by atoms with Gasteiger partial charge in [0, 0.05) is 41.9 Å². The molecule has 0 radical (unpaired) electrons. The van der Waals surface area contributed by atoms with Crippen molar-refractivity contribution < 1.29 is 19.0 Å². The van der Waals surface area contributed by atoms with Gasteiger partial charge in [0.1, 0.15) is 17.2 Å². The maximum atomic E-state index is 12.5. The predicted octanol–water partition coefficient (Wildman–Crippen LogP) is 3.63. The second-order valence-electron chi connectivity index (χ2n) is 7.73. The minimum absolute atomic E-state index is 0.202. The van der Waals surface area contributed by atoms with Crippen LogP contribution in [-0.4, -0.2) is 57.8 Å². The molecule has 32 heavy (non-hydrogen) atoms. The molecule has 0 saturated heterocycles. The number of hydrogen-bond acceptors (Lipinski definition) is 5. The number of carbonyl (C=O) groups is 1. The smallest absolute Gasteiger partial charge is 0.244 e. The molecule has 0 bridgehead atoms. The molecule has 0 aliphatic heterocycles. The van der Waals surface area contributed by atoms with Crippen LogP contribution in [0.15, 0.2) is 42.6 Å². The van der Waals surface area contributed by atoms with Gasteiger partial charge in [0.05, 0.1) is 33.4 Å². The number of H-pyrrole nitrogens is 1. The van der Waals surface area contributed by atoms with Crippen LogP contribution in [0.4, 0.5) is 0 Å². The zero-order valence-corrected chi connectivity index (χ0v) is 19.3. The third kappa shape index (κ3) is 5.62. The van der Waals surface area contributed by atoms with E-state index in [0.29, 0.717) is 17.2 Å². The molecule has 0 saturated carbocycles. The van der Waals surface area contributed by atoms with Crippen molar-refractivity contribution in [2.24, 2.45) is 0 Å². The largest absolute Gasteiger partial charge is 0.496 e. The summed E-state index contributed by atoms with van der Waals surface area (Å²) in [5.74, 6) is 1.60. The Morgan fingerprint density at radius 1 is 1.06 bits per heavy atom. The Labute approximate surface area is 189 Å². The molecule has 170 valence electrons. The summed E-state index contributed by atoms with van der Waals surface area (Å²) >= 11 is 0. The lowest BCUT2D eigenvalue weighted by atomic mass is 10.1. The lowest BCUT2D eigenvalue weighted by Gasteiger charge is -2.15. The fraction of sp³-hybridized carbons (Fsp3) is 0.320. The van der Waals surface area contributed by atoms with Gasteiger partial charge >= 0.3 is 0 Å². The van der Waals surface area contributed by atoms with Gasteiger partial charge in [0.25, 0.3) is 0 Å². The third-order valence-corrected chi connectivity index (χ3v) is 5.30. The Morgan fingerprint density at radius 3 is 2.41 bits per heavy atom. The van der Waals surface area contributed by atoms with Crippen LogP contribution in [0.25, 0.3) is 17.0 Å². The molecule has 1 aromatic heterocycles.